The molecule has 2 heterocycles. The second-order valence-corrected chi connectivity index (χ2v) is 10.1. The van der Waals surface area contributed by atoms with Crippen molar-refractivity contribution in [2.45, 2.75) is 47.0 Å². The van der Waals surface area contributed by atoms with E-state index >= 15 is 0 Å². The monoisotopic (exact) mass is 480 g/mol. The predicted molar refractivity (Wildman–Crippen MR) is 131 cm³/mol. The molecule has 31 heavy (non-hydrogen) atoms. The summed E-state index contributed by atoms with van der Waals surface area (Å²) in [6.45, 7) is 9.06. The Morgan fingerprint density at radius 2 is 1.97 bits per heavy atom. The van der Waals surface area contributed by atoms with E-state index in [-0.39, 0.29) is 5.91 Å². The quantitative estimate of drug-likeness (QED) is 0.457. The zero-order valence-corrected chi connectivity index (χ0v) is 20.9. The number of aromatic nitrogens is 1. The third-order valence-electron chi connectivity index (χ3n) is 5.41. The third kappa shape index (κ3) is 5.07. The molecule has 2 aromatic rings. The number of thiocarbonyl (C=S) groups is 1. The van der Waals surface area contributed by atoms with Gasteiger partial charge in [0.2, 0.25) is 0 Å². The fourth-order valence-electron chi connectivity index (χ4n) is 3.63. The first-order chi connectivity index (χ1) is 14.8. The number of hydrogen-bond donors (Lipinski definition) is 2. The SMILES string of the molecule is CCN(CC)C(=O)c1sc(NC(=S)Nc2nc3c(s2)CC(C)CC3)c(C(=O)OC)c1C. The van der Waals surface area contributed by atoms with E-state index in [0.29, 0.717) is 45.1 Å². The van der Waals surface area contributed by atoms with Crippen LogP contribution in [0.5, 0.6) is 0 Å². The van der Waals surface area contributed by atoms with Crippen LogP contribution in [0.2, 0.25) is 0 Å². The second-order valence-electron chi connectivity index (χ2n) is 7.55. The highest BCUT2D eigenvalue weighted by molar-refractivity contribution is 7.80. The summed E-state index contributed by atoms with van der Waals surface area (Å²) in [5.41, 5.74) is 2.07. The molecule has 10 heteroatoms. The maximum absolute atomic E-state index is 12.9. The van der Waals surface area contributed by atoms with Crippen LogP contribution in [0.15, 0.2) is 0 Å². The van der Waals surface area contributed by atoms with Crippen LogP contribution < -0.4 is 10.6 Å². The summed E-state index contributed by atoms with van der Waals surface area (Å²) in [5.74, 6) is 0.0620. The number of amides is 1. The molecule has 1 aliphatic rings. The van der Waals surface area contributed by atoms with Gasteiger partial charge >= 0.3 is 5.97 Å². The van der Waals surface area contributed by atoms with Crippen molar-refractivity contribution in [1.29, 1.82) is 0 Å². The second kappa shape index (κ2) is 10.1. The molecule has 1 unspecified atom stereocenters. The Morgan fingerprint density at radius 1 is 1.26 bits per heavy atom. The molecule has 168 valence electrons. The van der Waals surface area contributed by atoms with Crippen LogP contribution in [0.4, 0.5) is 10.1 Å². The minimum Gasteiger partial charge on any atom is -0.465 e. The number of carbonyl (C=O) groups is 2. The number of thiophene rings is 1. The number of carbonyl (C=O) groups excluding carboxylic acids is 2. The van der Waals surface area contributed by atoms with Crippen molar-refractivity contribution >= 4 is 62.0 Å². The molecule has 1 aliphatic carbocycles. The Kier molecular flexibility index (Phi) is 7.66. The fraction of sp³-hybridized carbons (Fsp3) is 0.524. The first-order valence-electron chi connectivity index (χ1n) is 10.4. The van der Waals surface area contributed by atoms with E-state index < -0.39 is 5.97 Å². The molecule has 2 aromatic heterocycles. The van der Waals surface area contributed by atoms with E-state index in [9.17, 15) is 9.59 Å². The maximum atomic E-state index is 12.9. The lowest BCUT2D eigenvalue weighted by atomic mass is 9.93. The van der Waals surface area contributed by atoms with Gasteiger partial charge in [0.15, 0.2) is 10.2 Å². The number of fused-ring (bicyclic) bond motifs is 1. The van der Waals surface area contributed by atoms with E-state index in [0.717, 1.165) is 30.1 Å². The molecule has 1 atom stereocenters. The number of anilines is 2. The Morgan fingerprint density at radius 3 is 2.61 bits per heavy atom. The van der Waals surface area contributed by atoms with Gasteiger partial charge in [0.05, 0.1) is 23.2 Å². The number of rotatable bonds is 6. The Hall–Kier alpha value is -2.04. The van der Waals surface area contributed by atoms with Crippen LogP contribution in [-0.2, 0) is 17.6 Å². The summed E-state index contributed by atoms with van der Waals surface area (Å²) in [6, 6.07) is 0. The lowest BCUT2D eigenvalue weighted by Crippen LogP contribution is -2.30. The first-order valence-corrected chi connectivity index (χ1v) is 12.4. The van der Waals surface area contributed by atoms with E-state index in [1.807, 2.05) is 13.8 Å². The number of nitrogens with one attached hydrogen (secondary N) is 2. The number of ether oxygens (including phenoxy) is 1. The molecule has 0 spiro atoms. The van der Waals surface area contributed by atoms with Crippen molar-refractivity contribution in [1.82, 2.24) is 9.88 Å². The topological polar surface area (TPSA) is 83.6 Å². The molecule has 0 saturated heterocycles. The molecule has 0 aliphatic heterocycles. The number of methoxy groups -OCH3 is 1. The smallest absolute Gasteiger partial charge is 0.341 e. The number of hydrogen-bond acceptors (Lipinski definition) is 7. The van der Waals surface area contributed by atoms with E-state index in [4.69, 9.17) is 17.0 Å². The summed E-state index contributed by atoms with van der Waals surface area (Å²) < 4.78 is 4.96. The first kappa shape index (κ1) is 23.6. The highest BCUT2D eigenvalue weighted by Crippen LogP contribution is 2.35. The van der Waals surface area contributed by atoms with Crippen molar-refractivity contribution in [2.24, 2.45) is 5.92 Å². The average Bonchev–Trinajstić information content (AvgIpc) is 3.27. The number of esters is 1. The van der Waals surface area contributed by atoms with Crippen LogP contribution in [-0.4, -0.2) is 47.1 Å². The highest BCUT2D eigenvalue weighted by Gasteiger charge is 2.28. The molecule has 2 N–H and O–H groups in total. The molecular weight excluding hydrogens is 452 g/mol. The molecule has 0 saturated carbocycles. The van der Waals surface area contributed by atoms with Gasteiger partial charge in [-0.1, -0.05) is 6.92 Å². The van der Waals surface area contributed by atoms with E-state index in [2.05, 4.69) is 22.5 Å². The maximum Gasteiger partial charge on any atom is 0.341 e. The standard InChI is InChI=1S/C21H28N4O3S3/c1-6-25(7-2)18(26)16-12(4)15(19(27)28-5)17(31-16)23-20(29)24-21-22-13-9-8-11(3)10-14(13)30-21/h11H,6-10H2,1-5H3,(H2,22,23,24,29). The Labute approximate surface area is 196 Å². The molecule has 7 nitrogen and oxygen atoms in total. The van der Waals surface area contributed by atoms with Crippen molar-refractivity contribution < 1.29 is 14.3 Å². The van der Waals surface area contributed by atoms with Crippen molar-refractivity contribution in [2.75, 3.05) is 30.8 Å². The summed E-state index contributed by atoms with van der Waals surface area (Å²) in [7, 11) is 1.33. The zero-order valence-electron chi connectivity index (χ0n) is 18.5. The highest BCUT2D eigenvalue weighted by atomic mass is 32.1. The lowest BCUT2D eigenvalue weighted by Gasteiger charge is -2.17. The van der Waals surface area contributed by atoms with Crippen LogP contribution in [0.1, 0.15) is 63.4 Å². The largest absolute Gasteiger partial charge is 0.465 e. The molecule has 0 fully saturated rings. The van der Waals surface area contributed by atoms with Gasteiger partial charge in [-0.2, -0.15) is 0 Å². The lowest BCUT2D eigenvalue weighted by molar-refractivity contribution is 0.0601. The van der Waals surface area contributed by atoms with Crippen molar-refractivity contribution in [3.8, 4) is 0 Å². The van der Waals surface area contributed by atoms with Crippen molar-refractivity contribution in [3.05, 3.63) is 26.6 Å². The van der Waals surface area contributed by atoms with Gasteiger partial charge in [-0.05, 0) is 63.7 Å². The number of thiazole rings is 1. The Bertz CT molecular complexity index is 994. The fourth-order valence-corrected chi connectivity index (χ4v) is 6.30. The molecule has 3 rings (SSSR count). The molecule has 0 bridgehead atoms. The van der Waals surface area contributed by atoms with Crippen LogP contribution in [0, 0.1) is 12.8 Å². The van der Waals surface area contributed by atoms with Gasteiger partial charge in [-0.3, -0.25) is 4.79 Å². The van der Waals surface area contributed by atoms with Gasteiger partial charge in [0.1, 0.15) is 5.00 Å². The van der Waals surface area contributed by atoms with Gasteiger partial charge < -0.3 is 20.3 Å². The van der Waals surface area contributed by atoms with Crippen molar-refractivity contribution in [3.63, 3.8) is 0 Å². The van der Waals surface area contributed by atoms with Gasteiger partial charge in [-0.25, -0.2) is 9.78 Å². The summed E-state index contributed by atoms with van der Waals surface area (Å²) in [4.78, 5) is 33.6. The minimum atomic E-state index is -0.503. The third-order valence-corrected chi connectivity index (χ3v) is 7.85. The van der Waals surface area contributed by atoms with Gasteiger partial charge in [0, 0.05) is 18.0 Å². The summed E-state index contributed by atoms with van der Waals surface area (Å²) in [6.07, 6.45) is 3.18. The van der Waals surface area contributed by atoms with E-state index in [1.54, 1.807) is 23.2 Å². The molecule has 0 radical (unpaired) electrons. The van der Waals surface area contributed by atoms with Crippen LogP contribution >= 0.6 is 34.9 Å². The Balaban J connectivity index is 1.83. The van der Waals surface area contributed by atoms with Gasteiger partial charge in [0.25, 0.3) is 5.91 Å². The number of nitrogens with zero attached hydrogens (tertiary/aromatic N) is 2. The summed E-state index contributed by atoms with van der Waals surface area (Å²) in [5, 5.41) is 7.78. The molecule has 1 amide bonds. The average molecular weight is 481 g/mol. The van der Waals surface area contributed by atoms with Gasteiger partial charge in [-0.15, -0.1) is 22.7 Å². The van der Waals surface area contributed by atoms with Crippen LogP contribution in [0.3, 0.4) is 0 Å². The molecular formula is C21H28N4O3S3. The summed E-state index contributed by atoms with van der Waals surface area (Å²) >= 11 is 8.32. The number of aryl methyl sites for hydroxylation is 1. The molecule has 0 aromatic carbocycles. The van der Waals surface area contributed by atoms with Crippen LogP contribution in [0.25, 0.3) is 0 Å². The van der Waals surface area contributed by atoms with E-state index in [1.165, 1.54) is 23.3 Å². The predicted octanol–water partition coefficient (Wildman–Crippen LogP) is 4.72. The minimum absolute atomic E-state index is 0.105. The zero-order chi connectivity index (χ0) is 22.7. The normalized spacial score (nSPS) is 15.2.